The predicted octanol–water partition coefficient (Wildman–Crippen LogP) is 6.09. The molecule has 2 heterocycles. The van der Waals surface area contributed by atoms with E-state index in [0.717, 1.165) is 71.5 Å². The van der Waals surface area contributed by atoms with Crippen LogP contribution in [-0.4, -0.2) is 53.2 Å². The number of benzene rings is 3. The van der Waals surface area contributed by atoms with E-state index >= 15 is 0 Å². The third kappa shape index (κ3) is 7.21. The number of aromatic amines is 1. The predicted molar refractivity (Wildman–Crippen MR) is 157 cm³/mol. The molecule has 1 aliphatic heterocycles. The first-order chi connectivity index (χ1) is 19.0. The number of rotatable bonds is 11. The molecule has 1 fully saturated rings. The number of piperidine rings is 1. The van der Waals surface area contributed by atoms with Gasteiger partial charge in [-0.15, -0.1) is 0 Å². The minimum atomic E-state index is 0.00251. The number of aromatic hydroxyl groups is 1. The van der Waals surface area contributed by atoms with E-state index in [1.54, 1.807) is 12.1 Å². The lowest BCUT2D eigenvalue weighted by atomic mass is 10.0. The summed E-state index contributed by atoms with van der Waals surface area (Å²) in [7, 11) is 0. The number of H-pyrrole nitrogens is 1. The second-order valence-electron chi connectivity index (χ2n) is 10.7. The Morgan fingerprint density at radius 3 is 2.56 bits per heavy atom. The summed E-state index contributed by atoms with van der Waals surface area (Å²) in [5.41, 5.74) is 5.17. The Morgan fingerprint density at radius 1 is 1.03 bits per heavy atom. The maximum atomic E-state index is 13.2. The molecule has 3 N–H and O–H groups in total. The molecule has 6 heteroatoms. The van der Waals surface area contributed by atoms with Crippen molar-refractivity contribution < 1.29 is 14.6 Å². The van der Waals surface area contributed by atoms with E-state index in [-0.39, 0.29) is 24.1 Å². The van der Waals surface area contributed by atoms with Gasteiger partial charge < -0.3 is 20.1 Å². The zero-order valence-corrected chi connectivity index (χ0v) is 22.8. The van der Waals surface area contributed by atoms with Crippen molar-refractivity contribution in [1.82, 2.24) is 15.2 Å². The highest BCUT2D eigenvalue weighted by Crippen LogP contribution is 2.33. The number of phenols is 1. The van der Waals surface area contributed by atoms with Gasteiger partial charge in [0.25, 0.3) is 0 Å². The highest BCUT2D eigenvalue weighted by Gasteiger charge is 2.18. The second-order valence-corrected chi connectivity index (χ2v) is 10.7. The monoisotopic (exact) mass is 525 g/mol. The van der Waals surface area contributed by atoms with Crippen LogP contribution in [-0.2, 0) is 17.6 Å². The molecule has 39 heavy (non-hydrogen) atoms. The molecule has 0 radical (unpaired) electrons. The number of likely N-dealkylation sites (tertiary alicyclic amines) is 1. The molecule has 1 amide bonds. The molecule has 5 rings (SSSR count). The van der Waals surface area contributed by atoms with Gasteiger partial charge in [-0.05, 0) is 92.7 Å². The van der Waals surface area contributed by atoms with Crippen LogP contribution in [0.25, 0.3) is 22.2 Å². The largest absolute Gasteiger partial charge is 0.508 e. The Kier molecular flexibility index (Phi) is 8.84. The van der Waals surface area contributed by atoms with Gasteiger partial charge in [-0.3, -0.25) is 9.69 Å². The molecule has 0 unspecified atom stereocenters. The van der Waals surface area contributed by atoms with Crippen LogP contribution in [0.3, 0.4) is 0 Å². The van der Waals surface area contributed by atoms with Crippen molar-refractivity contribution >= 4 is 16.8 Å². The Hall–Kier alpha value is -3.77. The molecular formula is C33H39N3O3. The summed E-state index contributed by atoms with van der Waals surface area (Å²) in [6, 6.07) is 23.6. The number of fused-ring (bicyclic) bond motifs is 1. The fourth-order valence-corrected chi connectivity index (χ4v) is 5.43. The van der Waals surface area contributed by atoms with Gasteiger partial charge in [-0.2, -0.15) is 0 Å². The third-order valence-corrected chi connectivity index (χ3v) is 7.61. The Bertz CT molecular complexity index is 1360. The average molecular weight is 526 g/mol. The third-order valence-electron chi connectivity index (χ3n) is 7.61. The zero-order chi connectivity index (χ0) is 27.0. The summed E-state index contributed by atoms with van der Waals surface area (Å²) >= 11 is 0. The number of aromatic nitrogens is 1. The standard InChI is InChI=1S/C33H39N3O3/c1-24(10-11-25-12-14-27(37)15-13-25)34-32(38)23-30-29-22-28(39-21-20-36-18-6-3-7-19-36)16-17-31(29)35-33(30)26-8-4-2-5-9-26/h2,4-5,8-9,12-17,22,24,35,37H,3,6-7,10-11,18-21,23H2,1H3,(H,34,38)/t24-/m1/s1. The van der Waals surface area contributed by atoms with Gasteiger partial charge in [-0.25, -0.2) is 0 Å². The van der Waals surface area contributed by atoms with Crippen molar-refractivity contribution in [2.75, 3.05) is 26.2 Å². The summed E-state index contributed by atoms with van der Waals surface area (Å²) in [5.74, 6) is 1.10. The van der Waals surface area contributed by atoms with E-state index in [0.29, 0.717) is 6.61 Å². The quantitative estimate of drug-likeness (QED) is 0.222. The number of aryl methyl sites for hydroxylation is 1. The lowest BCUT2D eigenvalue weighted by molar-refractivity contribution is -0.121. The highest BCUT2D eigenvalue weighted by molar-refractivity contribution is 5.95. The molecule has 1 atom stereocenters. The number of amides is 1. The summed E-state index contributed by atoms with van der Waals surface area (Å²) in [4.78, 5) is 19.3. The molecule has 0 aliphatic carbocycles. The number of carbonyl (C=O) groups is 1. The number of nitrogens with one attached hydrogen (secondary N) is 2. The van der Waals surface area contributed by atoms with E-state index in [1.165, 1.54) is 19.3 Å². The zero-order valence-electron chi connectivity index (χ0n) is 22.8. The number of hydrogen-bond acceptors (Lipinski definition) is 4. The van der Waals surface area contributed by atoms with E-state index in [9.17, 15) is 9.90 Å². The van der Waals surface area contributed by atoms with Crippen LogP contribution >= 0.6 is 0 Å². The Labute approximate surface area is 231 Å². The number of carbonyl (C=O) groups excluding carboxylic acids is 1. The van der Waals surface area contributed by atoms with Gasteiger partial charge in [0.15, 0.2) is 0 Å². The molecule has 204 valence electrons. The fourth-order valence-electron chi connectivity index (χ4n) is 5.43. The van der Waals surface area contributed by atoms with Gasteiger partial charge in [0.1, 0.15) is 18.1 Å². The molecule has 3 aromatic carbocycles. The van der Waals surface area contributed by atoms with E-state index in [2.05, 4.69) is 39.5 Å². The maximum absolute atomic E-state index is 13.2. The van der Waals surface area contributed by atoms with Gasteiger partial charge in [0.2, 0.25) is 5.91 Å². The molecular weight excluding hydrogens is 486 g/mol. The minimum Gasteiger partial charge on any atom is -0.508 e. The Balaban J connectivity index is 1.29. The minimum absolute atomic E-state index is 0.00251. The second kappa shape index (κ2) is 12.9. The SMILES string of the molecule is C[C@H](CCc1ccc(O)cc1)NC(=O)Cc1c(-c2ccccc2)[nH]c2ccc(OCCN3CCCCC3)cc12. The van der Waals surface area contributed by atoms with Gasteiger partial charge in [0, 0.05) is 23.5 Å². The van der Waals surface area contributed by atoms with Crippen LogP contribution in [0.5, 0.6) is 11.5 Å². The molecule has 1 aliphatic rings. The lowest BCUT2D eigenvalue weighted by Crippen LogP contribution is -2.34. The van der Waals surface area contributed by atoms with Crippen molar-refractivity contribution in [2.24, 2.45) is 0 Å². The van der Waals surface area contributed by atoms with E-state index < -0.39 is 0 Å². The van der Waals surface area contributed by atoms with Crippen molar-refractivity contribution in [2.45, 2.75) is 51.5 Å². The average Bonchev–Trinajstić information content (AvgIpc) is 3.31. The van der Waals surface area contributed by atoms with Crippen LogP contribution in [0, 0.1) is 0 Å². The molecule has 0 saturated carbocycles. The molecule has 4 aromatic rings. The smallest absolute Gasteiger partial charge is 0.224 e. The normalized spacial score (nSPS) is 14.8. The summed E-state index contributed by atoms with van der Waals surface area (Å²) < 4.78 is 6.17. The first-order valence-electron chi connectivity index (χ1n) is 14.2. The van der Waals surface area contributed by atoms with Crippen LogP contribution in [0.1, 0.15) is 43.7 Å². The van der Waals surface area contributed by atoms with E-state index in [1.807, 2.05) is 43.3 Å². The number of nitrogens with zero attached hydrogens (tertiary/aromatic N) is 1. The Morgan fingerprint density at radius 2 is 1.79 bits per heavy atom. The first-order valence-corrected chi connectivity index (χ1v) is 14.2. The number of ether oxygens (including phenoxy) is 1. The highest BCUT2D eigenvalue weighted by atomic mass is 16.5. The van der Waals surface area contributed by atoms with Gasteiger partial charge >= 0.3 is 0 Å². The fraction of sp³-hybridized carbons (Fsp3) is 0.364. The maximum Gasteiger partial charge on any atom is 0.224 e. The van der Waals surface area contributed by atoms with E-state index in [4.69, 9.17) is 4.74 Å². The van der Waals surface area contributed by atoms with Crippen LogP contribution in [0.2, 0.25) is 0 Å². The molecule has 1 aromatic heterocycles. The molecule has 6 nitrogen and oxygen atoms in total. The molecule has 0 bridgehead atoms. The van der Waals surface area contributed by atoms with Crippen molar-refractivity contribution in [3.63, 3.8) is 0 Å². The molecule has 0 spiro atoms. The van der Waals surface area contributed by atoms with Crippen molar-refractivity contribution in [3.05, 3.63) is 83.9 Å². The van der Waals surface area contributed by atoms with Crippen LogP contribution in [0.4, 0.5) is 0 Å². The summed E-state index contributed by atoms with van der Waals surface area (Å²) in [5, 5.41) is 13.7. The van der Waals surface area contributed by atoms with Crippen molar-refractivity contribution in [3.8, 4) is 22.8 Å². The molecule has 1 saturated heterocycles. The van der Waals surface area contributed by atoms with Crippen LogP contribution < -0.4 is 10.1 Å². The number of phenolic OH excluding ortho intramolecular Hbond substituents is 1. The van der Waals surface area contributed by atoms with Crippen molar-refractivity contribution in [1.29, 1.82) is 0 Å². The van der Waals surface area contributed by atoms with Gasteiger partial charge in [-0.1, -0.05) is 48.9 Å². The van der Waals surface area contributed by atoms with Gasteiger partial charge in [0.05, 0.1) is 12.1 Å². The lowest BCUT2D eigenvalue weighted by Gasteiger charge is -2.26. The summed E-state index contributed by atoms with van der Waals surface area (Å²) in [6.45, 7) is 5.97. The van der Waals surface area contributed by atoms with Crippen LogP contribution in [0.15, 0.2) is 72.8 Å². The topological polar surface area (TPSA) is 77.6 Å². The summed E-state index contributed by atoms with van der Waals surface area (Å²) in [6.07, 6.45) is 5.83. The number of hydrogen-bond donors (Lipinski definition) is 3. The first kappa shape index (κ1) is 26.8.